The summed E-state index contributed by atoms with van der Waals surface area (Å²) in [6.45, 7) is 3.63. The van der Waals surface area contributed by atoms with Crippen molar-refractivity contribution in [1.82, 2.24) is 4.98 Å². The van der Waals surface area contributed by atoms with E-state index in [0.29, 0.717) is 11.7 Å². The summed E-state index contributed by atoms with van der Waals surface area (Å²) in [4.78, 5) is 5.94. The summed E-state index contributed by atoms with van der Waals surface area (Å²) >= 11 is 0. The van der Waals surface area contributed by atoms with E-state index in [0.717, 1.165) is 44.5 Å². The Morgan fingerprint density at radius 1 is 1.26 bits per heavy atom. The molecule has 0 aromatic carbocycles. The van der Waals surface area contributed by atoms with E-state index < -0.39 is 11.7 Å². The molecule has 0 spiro atoms. The Morgan fingerprint density at radius 2 is 2.00 bits per heavy atom. The topological polar surface area (TPSA) is 42.1 Å². The Kier molecular flexibility index (Phi) is 3.87. The van der Waals surface area contributed by atoms with Gasteiger partial charge in [-0.25, -0.2) is 4.98 Å². The van der Waals surface area contributed by atoms with Gasteiger partial charge in [-0.15, -0.1) is 0 Å². The van der Waals surface area contributed by atoms with Gasteiger partial charge in [-0.2, -0.15) is 13.2 Å². The van der Waals surface area contributed by atoms with Gasteiger partial charge in [0.05, 0.1) is 5.56 Å². The first-order valence-corrected chi connectivity index (χ1v) is 6.46. The molecule has 1 aliphatic heterocycles. The van der Waals surface area contributed by atoms with Crippen LogP contribution in [0, 0.1) is 5.92 Å². The number of alkyl halides is 3. The van der Waals surface area contributed by atoms with Gasteiger partial charge >= 0.3 is 6.18 Å². The van der Waals surface area contributed by atoms with Crippen molar-refractivity contribution < 1.29 is 13.2 Å². The number of rotatable bonds is 1. The van der Waals surface area contributed by atoms with Gasteiger partial charge < -0.3 is 10.6 Å². The second kappa shape index (κ2) is 5.27. The Balaban J connectivity index is 2.26. The molecule has 0 amide bonds. The highest BCUT2D eigenvalue weighted by atomic mass is 19.4. The normalized spacial score (nSPS) is 21.3. The fraction of sp³-hybridized carbons (Fsp3) is 0.615. The van der Waals surface area contributed by atoms with E-state index in [1.807, 2.05) is 4.90 Å². The standard InChI is InChI=1S/C13H18F3N3/c1-9-3-2-5-19(6-4-9)12-8-10(13(14,15)16)7-11(17)18-12/h7-9H,2-6H2,1H3,(H2,17,18). The first-order chi connectivity index (χ1) is 8.86. The van der Waals surface area contributed by atoms with E-state index in [9.17, 15) is 13.2 Å². The van der Waals surface area contributed by atoms with E-state index in [4.69, 9.17) is 5.73 Å². The molecule has 1 unspecified atom stereocenters. The number of aromatic nitrogens is 1. The average molecular weight is 273 g/mol. The molecule has 1 atom stereocenters. The van der Waals surface area contributed by atoms with Gasteiger partial charge in [0.25, 0.3) is 0 Å². The van der Waals surface area contributed by atoms with Crippen LogP contribution in [0.4, 0.5) is 24.8 Å². The van der Waals surface area contributed by atoms with Gasteiger partial charge in [0.15, 0.2) is 0 Å². The molecule has 1 aromatic rings. The number of hydrogen-bond donors (Lipinski definition) is 1. The van der Waals surface area contributed by atoms with Gasteiger partial charge in [0, 0.05) is 13.1 Å². The Labute approximate surface area is 110 Å². The largest absolute Gasteiger partial charge is 0.416 e. The molecule has 1 fully saturated rings. The molecule has 2 rings (SSSR count). The summed E-state index contributed by atoms with van der Waals surface area (Å²) in [5.74, 6) is 0.858. The molecule has 106 valence electrons. The molecule has 0 saturated carbocycles. The highest BCUT2D eigenvalue weighted by Crippen LogP contribution is 2.33. The second-order valence-electron chi connectivity index (χ2n) is 5.16. The predicted octanol–water partition coefficient (Wildman–Crippen LogP) is 3.31. The minimum atomic E-state index is -4.38. The summed E-state index contributed by atoms with van der Waals surface area (Å²) in [5, 5.41) is 0. The van der Waals surface area contributed by atoms with E-state index in [1.54, 1.807) is 0 Å². The molecule has 6 heteroatoms. The van der Waals surface area contributed by atoms with E-state index >= 15 is 0 Å². The molecule has 0 aliphatic carbocycles. The Bertz CT molecular complexity index is 445. The highest BCUT2D eigenvalue weighted by molar-refractivity contribution is 5.49. The summed E-state index contributed by atoms with van der Waals surface area (Å²) in [6, 6.07) is 1.97. The average Bonchev–Trinajstić information content (AvgIpc) is 2.52. The second-order valence-corrected chi connectivity index (χ2v) is 5.16. The lowest BCUT2D eigenvalue weighted by molar-refractivity contribution is -0.137. The van der Waals surface area contributed by atoms with Crippen LogP contribution in [0.1, 0.15) is 31.7 Å². The van der Waals surface area contributed by atoms with Crippen LogP contribution in [-0.2, 0) is 6.18 Å². The van der Waals surface area contributed by atoms with Gasteiger partial charge in [-0.05, 0) is 37.3 Å². The summed E-state index contributed by atoms with van der Waals surface area (Å²) < 4.78 is 38.3. The third kappa shape index (κ3) is 3.52. The summed E-state index contributed by atoms with van der Waals surface area (Å²) in [7, 11) is 0. The van der Waals surface area contributed by atoms with Gasteiger partial charge in [0.2, 0.25) is 0 Å². The lowest BCUT2D eigenvalue weighted by atomic mass is 10.0. The van der Waals surface area contributed by atoms with Crippen molar-refractivity contribution in [2.24, 2.45) is 5.92 Å². The fourth-order valence-corrected chi connectivity index (χ4v) is 2.35. The molecular formula is C13H18F3N3. The molecule has 0 bridgehead atoms. The smallest absolute Gasteiger partial charge is 0.384 e. The van der Waals surface area contributed by atoms with Gasteiger partial charge in [-0.1, -0.05) is 6.92 Å². The molecule has 3 nitrogen and oxygen atoms in total. The molecule has 19 heavy (non-hydrogen) atoms. The number of nitrogens with zero attached hydrogens (tertiary/aromatic N) is 2. The fourth-order valence-electron chi connectivity index (χ4n) is 2.35. The van der Waals surface area contributed by atoms with Crippen molar-refractivity contribution in [2.45, 2.75) is 32.4 Å². The lowest BCUT2D eigenvalue weighted by Crippen LogP contribution is -2.26. The van der Waals surface area contributed by atoms with Crippen LogP contribution in [0.15, 0.2) is 12.1 Å². The molecular weight excluding hydrogens is 255 g/mol. The number of pyridine rings is 1. The zero-order chi connectivity index (χ0) is 14.0. The molecule has 1 aromatic heterocycles. The quantitative estimate of drug-likeness (QED) is 0.853. The minimum absolute atomic E-state index is 0.0814. The minimum Gasteiger partial charge on any atom is -0.384 e. The molecule has 1 aliphatic rings. The van der Waals surface area contributed by atoms with E-state index in [-0.39, 0.29) is 5.82 Å². The molecule has 1 saturated heterocycles. The van der Waals surface area contributed by atoms with Crippen LogP contribution < -0.4 is 10.6 Å². The number of halogens is 3. The van der Waals surface area contributed by atoms with Crippen molar-refractivity contribution in [3.05, 3.63) is 17.7 Å². The van der Waals surface area contributed by atoms with Crippen molar-refractivity contribution in [3.63, 3.8) is 0 Å². The summed E-state index contributed by atoms with van der Waals surface area (Å²) in [5.41, 5.74) is 4.76. The van der Waals surface area contributed by atoms with Gasteiger partial charge in [-0.3, -0.25) is 0 Å². The third-order valence-electron chi connectivity index (χ3n) is 3.50. The van der Waals surface area contributed by atoms with Crippen molar-refractivity contribution in [2.75, 3.05) is 23.7 Å². The SMILES string of the molecule is CC1CCCN(c2cc(C(F)(F)F)cc(N)n2)CC1. The molecule has 2 heterocycles. The first kappa shape index (κ1) is 14.0. The Hall–Kier alpha value is -1.46. The highest BCUT2D eigenvalue weighted by Gasteiger charge is 2.32. The summed E-state index contributed by atoms with van der Waals surface area (Å²) in [6.07, 6.45) is -1.34. The van der Waals surface area contributed by atoms with Gasteiger partial charge in [0.1, 0.15) is 11.6 Å². The number of nitrogen functional groups attached to an aromatic ring is 1. The van der Waals surface area contributed by atoms with Crippen LogP contribution in [0.5, 0.6) is 0 Å². The van der Waals surface area contributed by atoms with Crippen LogP contribution >= 0.6 is 0 Å². The number of anilines is 2. The maximum absolute atomic E-state index is 12.8. The van der Waals surface area contributed by atoms with E-state index in [1.165, 1.54) is 0 Å². The predicted molar refractivity (Wildman–Crippen MR) is 68.9 cm³/mol. The lowest BCUT2D eigenvalue weighted by Gasteiger charge is -2.23. The van der Waals surface area contributed by atoms with Crippen molar-refractivity contribution in [1.29, 1.82) is 0 Å². The first-order valence-electron chi connectivity index (χ1n) is 6.46. The number of nitrogens with two attached hydrogens (primary N) is 1. The maximum atomic E-state index is 12.8. The van der Waals surface area contributed by atoms with Crippen LogP contribution in [0.25, 0.3) is 0 Å². The maximum Gasteiger partial charge on any atom is 0.416 e. The molecule has 0 radical (unpaired) electrons. The van der Waals surface area contributed by atoms with Crippen LogP contribution in [-0.4, -0.2) is 18.1 Å². The Morgan fingerprint density at radius 3 is 2.68 bits per heavy atom. The van der Waals surface area contributed by atoms with Crippen molar-refractivity contribution >= 4 is 11.6 Å². The molecule has 2 N–H and O–H groups in total. The zero-order valence-electron chi connectivity index (χ0n) is 10.9. The van der Waals surface area contributed by atoms with Crippen LogP contribution in [0.3, 0.4) is 0 Å². The van der Waals surface area contributed by atoms with Crippen LogP contribution in [0.2, 0.25) is 0 Å². The monoisotopic (exact) mass is 273 g/mol. The third-order valence-corrected chi connectivity index (χ3v) is 3.50. The van der Waals surface area contributed by atoms with E-state index in [2.05, 4.69) is 11.9 Å². The zero-order valence-corrected chi connectivity index (χ0v) is 10.9. The number of hydrogen-bond acceptors (Lipinski definition) is 3. The van der Waals surface area contributed by atoms with Crippen molar-refractivity contribution in [3.8, 4) is 0 Å².